The predicted octanol–water partition coefficient (Wildman–Crippen LogP) is 0.683. The van der Waals surface area contributed by atoms with Crippen LogP contribution in [0, 0.1) is 0 Å². The fraction of sp³-hybridized carbons (Fsp3) is 0.500. The minimum atomic E-state index is 0.743. The van der Waals surface area contributed by atoms with Crippen LogP contribution in [-0.4, -0.2) is 9.59 Å². The summed E-state index contributed by atoms with van der Waals surface area (Å²) in [5, 5.41) is 4.52. The predicted molar refractivity (Wildman–Crippen MR) is 33.7 cm³/mol. The molecule has 1 aromatic rings. The minimum Gasteiger partial charge on any atom is -0.388 e. The lowest BCUT2D eigenvalue weighted by atomic mass is 10.4. The van der Waals surface area contributed by atoms with Crippen LogP contribution >= 0.6 is 11.5 Å². The first-order valence-corrected chi connectivity index (χ1v) is 3.18. The number of rotatable bonds is 1. The maximum Gasteiger partial charge on any atom is 0.130 e. The summed E-state index contributed by atoms with van der Waals surface area (Å²) in [5.41, 5.74) is 6.36. The average Bonchev–Trinajstić information content (AvgIpc) is 2.14. The third-order valence-electron chi connectivity index (χ3n) is 0.920. The van der Waals surface area contributed by atoms with Crippen LogP contribution in [0.2, 0.25) is 0 Å². The molecule has 4 heteroatoms. The van der Waals surface area contributed by atoms with E-state index in [1.54, 1.807) is 0 Å². The Kier molecular flexibility index (Phi) is 1.43. The smallest absolute Gasteiger partial charge is 0.130 e. The Morgan fingerprint density at radius 2 is 2.50 bits per heavy atom. The zero-order valence-electron chi connectivity index (χ0n) is 4.59. The Labute approximate surface area is 51.7 Å². The Bertz CT molecular complexity index is 172. The van der Waals surface area contributed by atoms with Gasteiger partial charge in [-0.2, -0.15) is 0 Å². The third kappa shape index (κ3) is 0.790. The van der Waals surface area contributed by atoms with E-state index in [1.807, 2.05) is 6.92 Å². The van der Waals surface area contributed by atoms with Crippen molar-refractivity contribution >= 4 is 16.5 Å². The molecule has 0 saturated heterocycles. The number of nitrogens with zero attached hydrogens (tertiary/aromatic N) is 2. The van der Waals surface area contributed by atoms with E-state index < -0.39 is 0 Å². The van der Waals surface area contributed by atoms with Gasteiger partial charge in [0.2, 0.25) is 0 Å². The maximum atomic E-state index is 5.44. The second kappa shape index (κ2) is 2.09. The molecule has 0 spiro atoms. The highest BCUT2D eigenvalue weighted by Crippen LogP contribution is 2.11. The molecule has 0 atom stereocenters. The number of anilines is 1. The van der Waals surface area contributed by atoms with Crippen molar-refractivity contribution in [3.8, 4) is 0 Å². The van der Waals surface area contributed by atoms with E-state index in [1.165, 1.54) is 11.5 Å². The molecular weight excluding hydrogens is 122 g/mol. The number of aryl methyl sites for hydroxylation is 1. The SMILES string of the molecule is CCc1nnsc1N. The van der Waals surface area contributed by atoms with Crippen molar-refractivity contribution in [3.05, 3.63) is 5.69 Å². The fourth-order valence-electron chi connectivity index (χ4n) is 0.461. The summed E-state index contributed by atoms with van der Waals surface area (Å²) in [6, 6.07) is 0. The quantitative estimate of drug-likeness (QED) is 0.606. The Balaban J connectivity index is 2.92. The molecule has 0 fully saturated rings. The van der Waals surface area contributed by atoms with Crippen molar-refractivity contribution in [2.24, 2.45) is 0 Å². The molecule has 1 heterocycles. The largest absolute Gasteiger partial charge is 0.388 e. The van der Waals surface area contributed by atoms with Crippen molar-refractivity contribution in [1.82, 2.24) is 9.59 Å². The molecule has 3 nitrogen and oxygen atoms in total. The van der Waals surface area contributed by atoms with Gasteiger partial charge in [-0.1, -0.05) is 11.4 Å². The van der Waals surface area contributed by atoms with E-state index in [0.29, 0.717) is 0 Å². The van der Waals surface area contributed by atoms with Crippen molar-refractivity contribution in [3.63, 3.8) is 0 Å². The number of nitrogen functional groups attached to an aromatic ring is 1. The summed E-state index contributed by atoms with van der Waals surface area (Å²) in [5.74, 6) is 0. The van der Waals surface area contributed by atoms with Crippen LogP contribution in [0.25, 0.3) is 0 Å². The van der Waals surface area contributed by atoms with Gasteiger partial charge in [-0.15, -0.1) is 5.10 Å². The van der Waals surface area contributed by atoms with Crippen molar-refractivity contribution < 1.29 is 0 Å². The molecule has 1 rings (SSSR count). The summed E-state index contributed by atoms with van der Waals surface area (Å²) in [6.07, 6.45) is 0.877. The molecule has 0 radical (unpaired) electrons. The molecule has 0 aliphatic heterocycles. The lowest BCUT2D eigenvalue weighted by molar-refractivity contribution is 0.993. The maximum absolute atomic E-state index is 5.44. The number of hydrogen-bond acceptors (Lipinski definition) is 4. The molecule has 0 bridgehead atoms. The van der Waals surface area contributed by atoms with Gasteiger partial charge in [0.25, 0.3) is 0 Å². The van der Waals surface area contributed by atoms with Crippen LogP contribution in [0.5, 0.6) is 0 Å². The van der Waals surface area contributed by atoms with E-state index in [0.717, 1.165) is 17.1 Å². The first-order chi connectivity index (χ1) is 3.84. The molecule has 0 saturated carbocycles. The molecule has 2 N–H and O–H groups in total. The number of hydrogen-bond donors (Lipinski definition) is 1. The summed E-state index contributed by atoms with van der Waals surface area (Å²) in [7, 11) is 0. The molecular formula is C4H7N3S. The summed E-state index contributed by atoms with van der Waals surface area (Å²) >= 11 is 1.25. The Morgan fingerprint density at radius 3 is 2.75 bits per heavy atom. The monoisotopic (exact) mass is 129 g/mol. The Morgan fingerprint density at radius 1 is 1.75 bits per heavy atom. The highest BCUT2D eigenvalue weighted by Gasteiger charge is 1.97. The van der Waals surface area contributed by atoms with Crippen LogP contribution in [0.4, 0.5) is 5.00 Å². The van der Waals surface area contributed by atoms with Crippen LogP contribution in [0.15, 0.2) is 0 Å². The lowest BCUT2D eigenvalue weighted by Crippen LogP contribution is -1.87. The van der Waals surface area contributed by atoms with Crippen LogP contribution in [0.1, 0.15) is 12.6 Å². The molecule has 0 aliphatic rings. The first-order valence-electron chi connectivity index (χ1n) is 2.41. The van der Waals surface area contributed by atoms with E-state index >= 15 is 0 Å². The van der Waals surface area contributed by atoms with E-state index in [4.69, 9.17) is 5.73 Å². The Hall–Kier alpha value is -0.640. The standard InChI is InChI=1S/C4H7N3S/c1-2-3-4(5)8-7-6-3/h2,5H2,1H3. The molecule has 1 aromatic heterocycles. The third-order valence-corrected chi connectivity index (χ3v) is 1.52. The van der Waals surface area contributed by atoms with Gasteiger partial charge in [0.15, 0.2) is 0 Å². The van der Waals surface area contributed by atoms with E-state index in [2.05, 4.69) is 9.59 Å². The van der Waals surface area contributed by atoms with Gasteiger partial charge in [0.1, 0.15) is 5.00 Å². The highest BCUT2D eigenvalue weighted by atomic mass is 32.1. The summed E-state index contributed by atoms with van der Waals surface area (Å²) < 4.78 is 3.66. The normalized spacial score (nSPS) is 9.62. The molecule has 0 aromatic carbocycles. The van der Waals surface area contributed by atoms with Gasteiger partial charge in [-0.3, -0.25) is 0 Å². The molecule has 0 amide bonds. The van der Waals surface area contributed by atoms with E-state index in [9.17, 15) is 0 Å². The minimum absolute atomic E-state index is 0.743. The van der Waals surface area contributed by atoms with Crippen molar-refractivity contribution in [2.75, 3.05) is 5.73 Å². The zero-order chi connectivity index (χ0) is 5.98. The fourth-order valence-corrected chi connectivity index (χ4v) is 0.978. The van der Waals surface area contributed by atoms with Gasteiger partial charge < -0.3 is 5.73 Å². The van der Waals surface area contributed by atoms with Gasteiger partial charge >= 0.3 is 0 Å². The van der Waals surface area contributed by atoms with Crippen molar-refractivity contribution in [1.29, 1.82) is 0 Å². The van der Waals surface area contributed by atoms with Gasteiger partial charge in [-0.25, -0.2) is 0 Å². The molecule has 44 valence electrons. The van der Waals surface area contributed by atoms with Crippen LogP contribution in [-0.2, 0) is 6.42 Å². The topological polar surface area (TPSA) is 51.8 Å². The highest BCUT2D eigenvalue weighted by molar-refractivity contribution is 7.09. The second-order valence-electron chi connectivity index (χ2n) is 1.44. The van der Waals surface area contributed by atoms with Gasteiger partial charge in [0, 0.05) is 11.5 Å². The lowest BCUT2D eigenvalue weighted by Gasteiger charge is -1.83. The van der Waals surface area contributed by atoms with Crippen molar-refractivity contribution in [2.45, 2.75) is 13.3 Å². The van der Waals surface area contributed by atoms with Gasteiger partial charge in [0.05, 0.1) is 5.69 Å². The molecule has 0 unspecified atom stereocenters. The molecule has 0 aliphatic carbocycles. The molecule has 8 heavy (non-hydrogen) atoms. The average molecular weight is 129 g/mol. The number of nitrogens with two attached hydrogens (primary N) is 1. The van der Waals surface area contributed by atoms with Crippen LogP contribution < -0.4 is 5.73 Å². The van der Waals surface area contributed by atoms with Crippen LogP contribution in [0.3, 0.4) is 0 Å². The van der Waals surface area contributed by atoms with Gasteiger partial charge in [-0.05, 0) is 6.42 Å². The van der Waals surface area contributed by atoms with E-state index in [-0.39, 0.29) is 0 Å². The second-order valence-corrected chi connectivity index (χ2v) is 2.22. The summed E-state index contributed by atoms with van der Waals surface area (Å²) in [4.78, 5) is 0. The zero-order valence-corrected chi connectivity index (χ0v) is 5.40. The number of aromatic nitrogens is 2. The summed E-state index contributed by atoms with van der Waals surface area (Å²) in [6.45, 7) is 2.01. The first kappa shape index (κ1) is 5.50.